The first-order valence-corrected chi connectivity index (χ1v) is 8.73. The quantitative estimate of drug-likeness (QED) is 0.880. The first-order valence-electron chi connectivity index (χ1n) is 6.49. The lowest BCUT2D eigenvalue weighted by Gasteiger charge is -2.13. The third kappa shape index (κ3) is 4.82. The van der Waals surface area contributed by atoms with Crippen molar-refractivity contribution in [3.05, 3.63) is 69.2 Å². The molecule has 0 unspecified atom stereocenters. The summed E-state index contributed by atoms with van der Waals surface area (Å²) >= 11 is 11.9. The second-order valence-corrected chi connectivity index (χ2v) is 7.27. The summed E-state index contributed by atoms with van der Waals surface area (Å²) in [6, 6.07) is 12.8. The summed E-state index contributed by atoms with van der Waals surface area (Å²) in [5, 5.41) is 11.1. The van der Waals surface area contributed by atoms with Crippen molar-refractivity contribution < 1.29 is 9.32 Å². The van der Waals surface area contributed by atoms with Crippen molar-refractivity contribution in [1.82, 2.24) is 0 Å². The monoisotopic (exact) mass is 342 g/mol. The van der Waals surface area contributed by atoms with Crippen molar-refractivity contribution in [2.24, 2.45) is 0 Å². The van der Waals surface area contributed by atoms with Crippen LogP contribution in [0.5, 0.6) is 0 Å². The smallest absolute Gasteiger partial charge is 0.0919 e. The Morgan fingerprint density at radius 2 is 1.95 bits per heavy atom. The zero-order valence-electron chi connectivity index (χ0n) is 11.6. The molecule has 0 bridgehead atoms. The molecule has 5 heteroatoms. The van der Waals surface area contributed by atoms with E-state index in [-0.39, 0.29) is 5.75 Å². The van der Waals surface area contributed by atoms with Gasteiger partial charge in [-0.25, -0.2) is 0 Å². The highest BCUT2D eigenvalue weighted by molar-refractivity contribution is 7.84. The predicted octanol–water partition coefficient (Wildman–Crippen LogP) is 4.28. The van der Waals surface area contributed by atoms with Crippen molar-refractivity contribution in [3.63, 3.8) is 0 Å². The molecule has 2 atom stereocenters. The molecule has 0 fully saturated rings. The van der Waals surface area contributed by atoms with Crippen molar-refractivity contribution in [1.29, 1.82) is 0 Å². The van der Waals surface area contributed by atoms with Gasteiger partial charge in [0.2, 0.25) is 0 Å². The van der Waals surface area contributed by atoms with Crippen molar-refractivity contribution in [2.45, 2.75) is 18.8 Å². The number of halogens is 2. The third-order valence-corrected chi connectivity index (χ3v) is 4.98. The standard InChI is InChI=1S/C16H16Cl2O2S/c1-11-3-2-4-12(7-11)9-21(20)10-16(19)14-6-5-13(17)8-15(14)18/h2-8,16,19H,9-10H2,1H3/t16-,21-/m1/s1. The number of aryl methyl sites for hydroxylation is 1. The summed E-state index contributed by atoms with van der Waals surface area (Å²) in [6.45, 7) is 1.99. The van der Waals surface area contributed by atoms with Crippen LogP contribution in [0.3, 0.4) is 0 Å². The van der Waals surface area contributed by atoms with Crippen LogP contribution >= 0.6 is 23.2 Å². The number of hydrogen-bond donors (Lipinski definition) is 1. The zero-order chi connectivity index (χ0) is 15.4. The van der Waals surface area contributed by atoms with E-state index >= 15 is 0 Å². The number of rotatable bonds is 5. The molecule has 0 saturated carbocycles. The van der Waals surface area contributed by atoms with Gasteiger partial charge < -0.3 is 5.11 Å². The Morgan fingerprint density at radius 1 is 1.19 bits per heavy atom. The van der Waals surface area contributed by atoms with Gasteiger partial charge in [-0.2, -0.15) is 0 Å². The third-order valence-electron chi connectivity index (χ3n) is 3.08. The van der Waals surface area contributed by atoms with Gasteiger partial charge in [0.1, 0.15) is 0 Å². The minimum absolute atomic E-state index is 0.148. The molecule has 0 radical (unpaired) electrons. The molecule has 0 heterocycles. The van der Waals surface area contributed by atoms with Crippen LogP contribution in [0.2, 0.25) is 10.0 Å². The van der Waals surface area contributed by atoms with Gasteiger partial charge in [0.05, 0.1) is 11.9 Å². The van der Waals surface area contributed by atoms with Crippen LogP contribution in [0.4, 0.5) is 0 Å². The van der Waals surface area contributed by atoms with Gasteiger partial charge in [-0.05, 0) is 24.6 Å². The first kappa shape index (κ1) is 16.5. The lowest BCUT2D eigenvalue weighted by molar-refractivity contribution is 0.203. The van der Waals surface area contributed by atoms with Gasteiger partial charge in [0, 0.05) is 32.2 Å². The van der Waals surface area contributed by atoms with Gasteiger partial charge in [-0.3, -0.25) is 4.21 Å². The van der Waals surface area contributed by atoms with Gasteiger partial charge in [0.25, 0.3) is 0 Å². The Bertz CT molecular complexity index is 658. The van der Waals surface area contributed by atoms with Crippen LogP contribution < -0.4 is 0 Å². The Balaban J connectivity index is 2.02. The largest absolute Gasteiger partial charge is 0.387 e. The van der Waals surface area contributed by atoms with Crippen LogP contribution in [0, 0.1) is 6.92 Å². The Kier molecular flexibility index (Phi) is 5.82. The normalized spacial score (nSPS) is 13.9. The van der Waals surface area contributed by atoms with E-state index in [4.69, 9.17) is 23.2 Å². The Hall–Kier alpha value is -0.870. The van der Waals surface area contributed by atoms with Crippen LogP contribution in [-0.4, -0.2) is 15.1 Å². The molecule has 0 spiro atoms. The molecule has 2 nitrogen and oxygen atoms in total. The van der Waals surface area contributed by atoms with E-state index in [1.54, 1.807) is 18.2 Å². The van der Waals surface area contributed by atoms with E-state index in [0.29, 0.717) is 21.4 Å². The lowest BCUT2D eigenvalue weighted by Crippen LogP contribution is -2.11. The molecule has 0 aliphatic rings. The maximum absolute atomic E-state index is 12.2. The number of hydrogen-bond acceptors (Lipinski definition) is 2. The SMILES string of the molecule is Cc1cccc(C[S@@](=O)C[C@@H](O)c2ccc(Cl)cc2Cl)c1. The van der Waals surface area contributed by atoms with Crippen molar-refractivity contribution in [3.8, 4) is 0 Å². The van der Waals surface area contributed by atoms with Gasteiger partial charge in [-0.1, -0.05) is 59.1 Å². The van der Waals surface area contributed by atoms with Crippen molar-refractivity contribution in [2.75, 3.05) is 5.75 Å². The van der Waals surface area contributed by atoms with E-state index in [1.807, 2.05) is 31.2 Å². The molecule has 2 aromatic carbocycles. The number of aliphatic hydroxyl groups is 1. The van der Waals surface area contributed by atoms with E-state index < -0.39 is 16.9 Å². The molecule has 112 valence electrons. The summed E-state index contributed by atoms with van der Waals surface area (Å²) in [5.74, 6) is 0.569. The average molecular weight is 343 g/mol. The Morgan fingerprint density at radius 3 is 2.62 bits per heavy atom. The molecule has 0 aromatic heterocycles. The fraction of sp³-hybridized carbons (Fsp3) is 0.250. The van der Waals surface area contributed by atoms with E-state index in [2.05, 4.69) is 0 Å². The van der Waals surface area contributed by atoms with E-state index in [1.165, 1.54) is 0 Å². The molecule has 2 aromatic rings. The van der Waals surface area contributed by atoms with Gasteiger partial charge >= 0.3 is 0 Å². The molecule has 0 saturated heterocycles. The van der Waals surface area contributed by atoms with Crippen LogP contribution in [0.15, 0.2) is 42.5 Å². The highest BCUT2D eigenvalue weighted by atomic mass is 35.5. The molecule has 2 rings (SSSR count). The van der Waals surface area contributed by atoms with Gasteiger partial charge in [0.15, 0.2) is 0 Å². The summed E-state index contributed by atoms with van der Waals surface area (Å²) < 4.78 is 12.2. The summed E-state index contributed by atoms with van der Waals surface area (Å²) in [7, 11) is -1.17. The molecule has 0 aliphatic carbocycles. The second-order valence-electron chi connectivity index (χ2n) is 4.92. The maximum atomic E-state index is 12.2. The summed E-state index contributed by atoms with van der Waals surface area (Å²) in [4.78, 5) is 0. The highest BCUT2D eigenvalue weighted by Crippen LogP contribution is 2.27. The molecule has 21 heavy (non-hydrogen) atoms. The number of benzene rings is 2. The molecule has 1 N–H and O–H groups in total. The topological polar surface area (TPSA) is 37.3 Å². The Labute approximate surface area is 137 Å². The summed E-state index contributed by atoms with van der Waals surface area (Å²) in [5.41, 5.74) is 2.69. The minimum Gasteiger partial charge on any atom is -0.387 e. The predicted molar refractivity (Wildman–Crippen MR) is 89.3 cm³/mol. The van der Waals surface area contributed by atoms with Crippen LogP contribution in [-0.2, 0) is 16.6 Å². The average Bonchev–Trinajstić information content (AvgIpc) is 2.38. The highest BCUT2D eigenvalue weighted by Gasteiger charge is 2.15. The van der Waals surface area contributed by atoms with Gasteiger partial charge in [-0.15, -0.1) is 0 Å². The van der Waals surface area contributed by atoms with E-state index in [9.17, 15) is 9.32 Å². The molecular formula is C16H16Cl2O2S. The fourth-order valence-electron chi connectivity index (χ4n) is 2.08. The fourth-order valence-corrected chi connectivity index (χ4v) is 3.82. The second kappa shape index (κ2) is 7.41. The van der Waals surface area contributed by atoms with E-state index in [0.717, 1.165) is 11.1 Å². The molecule has 0 aliphatic heterocycles. The molecule has 0 amide bonds. The molecular weight excluding hydrogens is 327 g/mol. The maximum Gasteiger partial charge on any atom is 0.0919 e. The van der Waals surface area contributed by atoms with Crippen LogP contribution in [0.25, 0.3) is 0 Å². The minimum atomic E-state index is -1.17. The summed E-state index contributed by atoms with van der Waals surface area (Å²) in [6.07, 6.45) is -0.861. The zero-order valence-corrected chi connectivity index (χ0v) is 13.9. The number of aliphatic hydroxyl groups excluding tert-OH is 1. The van der Waals surface area contributed by atoms with Crippen LogP contribution in [0.1, 0.15) is 22.8 Å². The first-order chi connectivity index (χ1) is 9.95. The van der Waals surface area contributed by atoms with Crippen molar-refractivity contribution >= 4 is 34.0 Å². The lowest BCUT2D eigenvalue weighted by atomic mass is 10.1.